The number of hydrogen-bond donors (Lipinski definition) is 2. The molecule has 1 atom stereocenters. The maximum Gasteiger partial charge on any atom is 0.225 e. The van der Waals surface area contributed by atoms with Crippen LogP contribution in [-0.2, 0) is 6.42 Å². The quantitative estimate of drug-likeness (QED) is 0.715. The van der Waals surface area contributed by atoms with Crippen LogP contribution >= 0.6 is 0 Å². The van der Waals surface area contributed by atoms with E-state index in [2.05, 4.69) is 75.5 Å². The lowest BCUT2D eigenvalue weighted by Crippen LogP contribution is -2.39. The number of anilines is 2. The molecule has 0 aliphatic carbocycles. The van der Waals surface area contributed by atoms with Gasteiger partial charge in [0, 0.05) is 38.4 Å². The van der Waals surface area contributed by atoms with E-state index in [9.17, 15) is 0 Å². The highest BCUT2D eigenvalue weighted by molar-refractivity contribution is 5.52. The Morgan fingerprint density at radius 1 is 0.966 bits per heavy atom. The molecule has 0 bridgehead atoms. The molecule has 2 aliphatic rings. The molecule has 29 heavy (non-hydrogen) atoms. The number of likely N-dealkylation sites (tertiary alicyclic amines) is 1. The van der Waals surface area contributed by atoms with E-state index in [4.69, 9.17) is 16.2 Å². The Morgan fingerprint density at radius 3 is 2.28 bits per heavy atom. The molecule has 1 fully saturated rings. The number of aromatic nitrogens is 2. The summed E-state index contributed by atoms with van der Waals surface area (Å²) in [5.74, 6) is 1.48. The van der Waals surface area contributed by atoms with Crippen molar-refractivity contribution in [3.63, 3.8) is 0 Å². The molecule has 6 nitrogen and oxygen atoms in total. The number of rotatable bonds is 4. The van der Waals surface area contributed by atoms with Crippen molar-refractivity contribution in [3.05, 3.63) is 77.4 Å². The molecule has 5 rings (SSSR count). The molecule has 3 heterocycles. The van der Waals surface area contributed by atoms with Crippen LogP contribution in [0, 0.1) is 0 Å². The molecule has 0 amide bonds. The average Bonchev–Trinajstić information content (AvgIpc) is 3.30. The molecule has 2 aliphatic heterocycles. The van der Waals surface area contributed by atoms with Crippen LogP contribution in [0.1, 0.15) is 29.0 Å². The smallest absolute Gasteiger partial charge is 0.225 e. The van der Waals surface area contributed by atoms with Crippen LogP contribution in [0.2, 0.25) is 0 Å². The molecule has 2 aromatic carbocycles. The fourth-order valence-corrected chi connectivity index (χ4v) is 4.65. The van der Waals surface area contributed by atoms with Crippen molar-refractivity contribution in [2.24, 2.45) is 0 Å². The number of nitrogens with zero attached hydrogens (tertiary/aromatic N) is 3. The number of nitrogens with two attached hydrogens (primary N) is 2. The second-order valence-electron chi connectivity index (χ2n) is 8.07. The van der Waals surface area contributed by atoms with Gasteiger partial charge >= 0.3 is 0 Å². The van der Waals surface area contributed by atoms with E-state index in [1.165, 1.54) is 11.1 Å². The Balaban J connectivity index is 1.36. The molecule has 0 radical (unpaired) electrons. The lowest BCUT2D eigenvalue weighted by molar-refractivity contribution is 0.0971. The van der Waals surface area contributed by atoms with Crippen molar-refractivity contribution >= 4 is 11.8 Å². The lowest BCUT2D eigenvalue weighted by Gasteiger charge is -2.27. The van der Waals surface area contributed by atoms with Gasteiger partial charge in [0.15, 0.2) is 0 Å². The molecule has 0 saturated carbocycles. The summed E-state index contributed by atoms with van der Waals surface area (Å²) < 4.78 is 6.29. The van der Waals surface area contributed by atoms with Gasteiger partial charge in [0.1, 0.15) is 11.4 Å². The zero-order valence-corrected chi connectivity index (χ0v) is 16.3. The zero-order valence-electron chi connectivity index (χ0n) is 16.3. The predicted octanol–water partition coefficient (Wildman–Crippen LogP) is 2.85. The summed E-state index contributed by atoms with van der Waals surface area (Å²) in [5.41, 5.74) is 15.1. The van der Waals surface area contributed by atoms with E-state index < -0.39 is 0 Å². The van der Waals surface area contributed by atoms with Crippen LogP contribution in [0.3, 0.4) is 0 Å². The van der Waals surface area contributed by atoms with Gasteiger partial charge in [-0.3, -0.25) is 4.90 Å². The minimum Gasteiger partial charge on any atom is -0.469 e. The molecule has 6 heteroatoms. The number of fused-ring (bicyclic) bond motifs is 1. The first kappa shape index (κ1) is 17.9. The first-order valence-corrected chi connectivity index (χ1v) is 10.0. The molecule has 3 aromatic rings. The average molecular weight is 387 g/mol. The maximum absolute atomic E-state index is 6.29. The highest BCUT2D eigenvalue weighted by Crippen LogP contribution is 2.42. The van der Waals surface area contributed by atoms with Crippen molar-refractivity contribution in [2.75, 3.05) is 31.1 Å². The van der Waals surface area contributed by atoms with Gasteiger partial charge in [-0.05, 0) is 11.1 Å². The highest BCUT2D eigenvalue weighted by atomic mass is 16.5. The Hall–Kier alpha value is -3.12. The van der Waals surface area contributed by atoms with Gasteiger partial charge in [-0.15, -0.1) is 0 Å². The Labute approximate surface area is 170 Å². The molecule has 1 spiro atoms. The summed E-state index contributed by atoms with van der Waals surface area (Å²) in [7, 11) is 0. The fraction of sp³-hybridized carbons (Fsp3) is 0.304. The third-order valence-corrected chi connectivity index (χ3v) is 6.07. The molecule has 1 saturated heterocycles. The van der Waals surface area contributed by atoms with E-state index in [1.807, 2.05) is 0 Å². The Morgan fingerprint density at radius 2 is 1.62 bits per heavy atom. The molecule has 4 N–H and O–H groups in total. The highest BCUT2D eigenvalue weighted by Gasteiger charge is 2.47. The molecular formula is C23H25N5O. The Kier molecular flexibility index (Phi) is 4.36. The number of nitrogen functional groups attached to an aromatic ring is 2. The summed E-state index contributed by atoms with van der Waals surface area (Å²) in [4.78, 5) is 10.8. The number of benzene rings is 2. The number of hydrogen-bond acceptors (Lipinski definition) is 6. The minimum atomic E-state index is -0.281. The third-order valence-electron chi connectivity index (χ3n) is 6.07. The first-order valence-electron chi connectivity index (χ1n) is 10.0. The third kappa shape index (κ3) is 3.40. The SMILES string of the molecule is Nc1nc(N)c2c(n1)O[C@]1(CCN(CC(c3ccccc3)c3ccccc3)C1)C2. The van der Waals surface area contributed by atoms with Crippen molar-refractivity contribution in [1.82, 2.24) is 14.9 Å². The van der Waals surface area contributed by atoms with E-state index in [0.717, 1.165) is 38.0 Å². The van der Waals surface area contributed by atoms with Gasteiger partial charge in [-0.1, -0.05) is 60.7 Å². The number of ether oxygens (including phenoxy) is 1. The van der Waals surface area contributed by atoms with Gasteiger partial charge < -0.3 is 16.2 Å². The maximum atomic E-state index is 6.29. The predicted molar refractivity (Wildman–Crippen MR) is 114 cm³/mol. The van der Waals surface area contributed by atoms with Crippen LogP contribution in [0.15, 0.2) is 60.7 Å². The topological polar surface area (TPSA) is 90.3 Å². The molecular weight excluding hydrogens is 362 g/mol. The summed E-state index contributed by atoms with van der Waals surface area (Å²) in [6, 6.07) is 21.4. The second kappa shape index (κ2) is 7.04. The summed E-state index contributed by atoms with van der Waals surface area (Å²) in [5, 5.41) is 0. The fourth-order valence-electron chi connectivity index (χ4n) is 4.65. The van der Waals surface area contributed by atoms with Crippen LogP contribution in [-0.4, -0.2) is 40.1 Å². The van der Waals surface area contributed by atoms with Crippen molar-refractivity contribution in [3.8, 4) is 5.88 Å². The van der Waals surface area contributed by atoms with E-state index in [1.54, 1.807) is 0 Å². The van der Waals surface area contributed by atoms with Crippen LogP contribution in [0.25, 0.3) is 0 Å². The normalized spacial score (nSPS) is 20.9. The van der Waals surface area contributed by atoms with Gasteiger partial charge in [0.25, 0.3) is 0 Å². The van der Waals surface area contributed by atoms with Crippen LogP contribution < -0.4 is 16.2 Å². The van der Waals surface area contributed by atoms with Crippen LogP contribution in [0.4, 0.5) is 11.8 Å². The monoisotopic (exact) mass is 387 g/mol. The van der Waals surface area contributed by atoms with Crippen molar-refractivity contribution < 1.29 is 4.74 Å². The van der Waals surface area contributed by atoms with Crippen LogP contribution in [0.5, 0.6) is 5.88 Å². The minimum absolute atomic E-state index is 0.168. The largest absolute Gasteiger partial charge is 0.469 e. The van der Waals surface area contributed by atoms with E-state index in [-0.39, 0.29) is 11.5 Å². The van der Waals surface area contributed by atoms with E-state index >= 15 is 0 Å². The van der Waals surface area contributed by atoms with Gasteiger partial charge in [-0.25, -0.2) is 0 Å². The van der Waals surface area contributed by atoms with Gasteiger partial charge in [0.05, 0.1) is 5.56 Å². The summed E-state index contributed by atoms with van der Waals surface area (Å²) in [6.45, 7) is 2.77. The standard InChI is InChI=1S/C23H25N5O/c24-20-18-13-23(29-21(18)27-22(25)26-20)11-12-28(15-23)14-19(16-7-3-1-4-8-16)17-9-5-2-6-10-17/h1-10,19H,11-15H2,(H4,24,25,26,27)/t23-/m1/s1. The molecule has 0 unspecified atom stereocenters. The van der Waals surface area contributed by atoms with E-state index in [0.29, 0.717) is 17.6 Å². The summed E-state index contributed by atoms with van der Waals surface area (Å²) >= 11 is 0. The molecule has 1 aromatic heterocycles. The molecule has 148 valence electrons. The summed E-state index contributed by atoms with van der Waals surface area (Å²) in [6.07, 6.45) is 1.69. The zero-order chi connectivity index (χ0) is 19.8. The Bertz CT molecular complexity index is 971. The van der Waals surface area contributed by atoms with Crippen molar-refractivity contribution in [2.45, 2.75) is 24.4 Å². The first-order chi connectivity index (χ1) is 14.1. The van der Waals surface area contributed by atoms with Gasteiger partial charge in [-0.2, -0.15) is 9.97 Å². The lowest BCUT2D eigenvalue weighted by atomic mass is 9.91. The second-order valence-corrected chi connectivity index (χ2v) is 8.07. The van der Waals surface area contributed by atoms with Gasteiger partial charge in [0.2, 0.25) is 11.8 Å². The van der Waals surface area contributed by atoms with Crippen molar-refractivity contribution in [1.29, 1.82) is 0 Å².